The first-order valence-electron chi connectivity index (χ1n) is 22.3. The first kappa shape index (κ1) is 42.1. The molecule has 16 nitrogen and oxygen atoms in total. The summed E-state index contributed by atoms with van der Waals surface area (Å²) in [5.74, 6) is 8.13. The maximum absolute atomic E-state index is 14.2. The van der Waals surface area contributed by atoms with Crippen molar-refractivity contribution in [3.05, 3.63) is 82.7 Å². The number of H-pyrrole nitrogens is 2. The number of fused-ring (bicyclic) bond motifs is 2. The third kappa shape index (κ3) is 8.44. The van der Waals surface area contributed by atoms with E-state index in [2.05, 4.69) is 32.4 Å². The Morgan fingerprint density at radius 3 is 1.80 bits per heavy atom. The van der Waals surface area contributed by atoms with Crippen molar-refractivity contribution in [3.63, 3.8) is 0 Å². The fourth-order valence-corrected chi connectivity index (χ4v) is 10.7. The van der Waals surface area contributed by atoms with E-state index < -0.39 is 24.3 Å². The number of rotatable bonds is 10. The molecule has 64 heavy (non-hydrogen) atoms. The predicted octanol–water partition coefficient (Wildman–Crippen LogP) is 6.06. The molecule has 334 valence electrons. The molecule has 4 aromatic rings. The number of hydrogen-bond donors (Lipinski definition) is 5. The third-order valence-electron chi connectivity index (χ3n) is 14.1. The predicted molar refractivity (Wildman–Crippen MR) is 233 cm³/mol. The van der Waals surface area contributed by atoms with Gasteiger partial charge in [0, 0.05) is 67.0 Å². The molecule has 17 heteroatoms. The van der Waals surface area contributed by atoms with Gasteiger partial charge in [0.2, 0.25) is 11.8 Å². The van der Waals surface area contributed by atoms with E-state index in [0.29, 0.717) is 86.4 Å². The van der Waals surface area contributed by atoms with Gasteiger partial charge in [0.15, 0.2) is 5.15 Å². The Morgan fingerprint density at radius 1 is 0.750 bits per heavy atom. The smallest absolute Gasteiger partial charge is 0.407 e. The van der Waals surface area contributed by atoms with E-state index in [1.165, 1.54) is 7.11 Å². The van der Waals surface area contributed by atoms with Crippen LogP contribution < -0.4 is 10.6 Å². The zero-order valence-corrected chi connectivity index (χ0v) is 36.2. The summed E-state index contributed by atoms with van der Waals surface area (Å²) in [6.45, 7) is 2.11. The number of carbonyl (C=O) groups is 4. The SMILES string of the molecule is COC(=O)N[C@H](C(=O)N1[C@@H]2C[C@@H]2C[C@H]1c1nc(Cl)c(-c2ccc(C#Cc3ccc(-c4c[nH]c([C@@H]5C[C@H]6C[C@H]6N5C(=O)[C@@H](NC(=O)O)C5CCOCC5)n4)cc3)cc2)[nH]1)C1CCOCC1. The number of ether oxygens (including phenoxy) is 3. The lowest BCUT2D eigenvalue weighted by Gasteiger charge is -2.35. The summed E-state index contributed by atoms with van der Waals surface area (Å²) >= 11 is 6.75. The van der Waals surface area contributed by atoms with Crippen molar-refractivity contribution >= 4 is 35.6 Å². The maximum atomic E-state index is 14.2. The molecule has 0 bridgehead atoms. The first-order valence-corrected chi connectivity index (χ1v) is 22.7. The molecule has 8 atom stereocenters. The number of aromatic nitrogens is 4. The number of alkyl carbamates (subject to hydrolysis) is 1. The molecule has 6 fully saturated rings. The fourth-order valence-electron chi connectivity index (χ4n) is 10.5. The number of carboxylic acid groups (broad SMARTS) is 1. The number of nitrogens with zero attached hydrogens (tertiary/aromatic N) is 4. The normalized spacial score (nSPS) is 25.9. The van der Waals surface area contributed by atoms with Crippen molar-refractivity contribution in [2.75, 3.05) is 33.5 Å². The Morgan fingerprint density at radius 2 is 1.27 bits per heavy atom. The van der Waals surface area contributed by atoms with Gasteiger partial charge in [0.1, 0.15) is 23.7 Å². The molecule has 5 N–H and O–H groups in total. The molecular weight excluding hydrogens is 840 g/mol. The molecule has 6 heterocycles. The van der Waals surface area contributed by atoms with Crippen LogP contribution in [0.15, 0.2) is 54.7 Å². The van der Waals surface area contributed by atoms with Crippen molar-refractivity contribution in [2.24, 2.45) is 23.7 Å². The lowest BCUT2D eigenvalue weighted by atomic mass is 9.90. The highest BCUT2D eigenvalue weighted by molar-refractivity contribution is 6.31. The van der Waals surface area contributed by atoms with Gasteiger partial charge in [-0.15, -0.1) is 0 Å². The van der Waals surface area contributed by atoms with Crippen molar-refractivity contribution in [3.8, 4) is 34.4 Å². The van der Waals surface area contributed by atoms with E-state index in [-0.39, 0.29) is 47.8 Å². The number of nitrogens with one attached hydrogen (secondary N) is 4. The van der Waals surface area contributed by atoms with Crippen LogP contribution in [0.25, 0.3) is 22.5 Å². The second-order valence-electron chi connectivity index (χ2n) is 17.9. The minimum absolute atomic E-state index is 0.0551. The molecule has 4 aliphatic heterocycles. The van der Waals surface area contributed by atoms with Gasteiger partial charge in [-0.3, -0.25) is 9.59 Å². The van der Waals surface area contributed by atoms with Crippen molar-refractivity contribution in [1.29, 1.82) is 0 Å². The number of aromatic amines is 2. The number of methoxy groups -OCH3 is 1. The second-order valence-corrected chi connectivity index (χ2v) is 18.3. The molecule has 10 rings (SSSR count). The van der Waals surface area contributed by atoms with E-state index in [4.69, 9.17) is 35.8 Å². The Balaban J connectivity index is 0.792. The van der Waals surface area contributed by atoms with Crippen LogP contribution in [0.1, 0.15) is 86.2 Å². The van der Waals surface area contributed by atoms with Crippen LogP contribution >= 0.6 is 11.6 Å². The average Bonchev–Trinajstić information content (AvgIpc) is 3.97. The number of likely N-dealkylation sites (tertiary alicyclic amines) is 2. The van der Waals surface area contributed by atoms with Crippen LogP contribution in [0.2, 0.25) is 5.15 Å². The van der Waals surface area contributed by atoms with E-state index in [9.17, 15) is 24.3 Å². The minimum atomic E-state index is -1.20. The lowest BCUT2D eigenvalue weighted by molar-refractivity contribution is -0.138. The van der Waals surface area contributed by atoms with Gasteiger partial charge >= 0.3 is 12.2 Å². The third-order valence-corrected chi connectivity index (χ3v) is 14.3. The van der Waals surface area contributed by atoms with Gasteiger partial charge in [-0.2, -0.15) is 0 Å². The van der Waals surface area contributed by atoms with Crippen LogP contribution in [0.4, 0.5) is 9.59 Å². The van der Waals surface area contributed by atoms with Crippen molar-refractivity contribution in [2.45, 2.75) is 87.6 Å². The van der Waals surface area contributed by atoms with Crippen molar-refractivity contribution < 1.29 is 38.5 Å². The quantitative estimate of drug-likeness (QED) is 0.117. The van der Waals surface area contributed by atoms with Gasteiger partial charge in [0.05, 0.1) is 30.6 Å². The Bertz CT molecular complexity index is 2470. The highest BCUT2D eigenvalue weighted by Gasteiger charge is 2.58. The Labute approximate surface area is 375 Å². The van der Waals surface area contributed by atoms with E-state index in [0.717, 1.165) is 53.6 Å². The van der Waals surface area contributed by atoms with Crippen LogP contribution in [-0.2, 0) is 23.8 Å². The summed E-state index contributed by atoms with van der Waals surface area (Å²) in [4.78, 5) is 72.5. The first-order chi connectivity index (χ1) is 31.1. The molecule has 0 radical (unpaired) electrons. The summed E-state index contributed by atoms with van der Waals surface area (Å²) in [6.07, 6.45) is 6.07. The summed E-state index contributed by atoms with van der Waals surface area (Å²) in [6, 6.07) is 13.7. The zero-order chi connectivity index (χ0) is 44.1. The number of hydrogen-bond acceptors (Lipinski definition) is 9. The standard InChI is InChI=1S/C47H51ClN8O8/c1-62-47(61)53-40(30-14-18-64-19-15-30)45(58)56-35-21-32(35)23-37(56)43-51-38(41(48)54-43)28-10-6-26(7-11-28)3-2-25-4-8-27(9-5-25)33-24-49-42(50-33)36-22-31-20-34(31)55(36)44(57)39(52-46(59)60)29-12-16-63-17-13-29/h4-11,24,29-32,34-37,39-40,52H,12-23H2,1H3,(H,49,50)(H,51,54)(H,53,61)(H,59,60)/t31-,32-,34-,35-,36+,37+,39+,40+/m1/s1. The van der Waals surface area contributed by atoms with Crippen LogP contribution in [0.3, 0.4) is 0 Å². The number of piperidine rings is 2. The number of benzene rings is 2. The molecule has 6 aliphatic rings. The van der Waals surface area contributed by atoms with E-state index >= 15 is 0 Å². The Hall–Kier alpha value is -5.89. The molecule has 0 spiro atoms. The zero-order valence-electron chi connectivity index (χ0n) is 35.4. The van der Waals surface area contributed by atoms with Crippen LogP contribution in [0, 0.1) is 35.5 Å². The molecule has 2 aliphatic carbocycles. The Kier molecular flexibility index (Phi) is 11.6. The van der Waals surface area contributed by atoms with Gasteiger partial charge in [-0.05, 0) is 99.3 Å². The topological polar surface area (TPSA) is 204 Å². The van der Waals surface area contributed by atoms with Crippen molar-refractivity contribution in [1.82, 2.24) is 40.4 Å². The second kappa shape index (κ2) is 17.6. The number of halogens is 1. The summed E-state index contributed by atoms with van der Waals surface area (Å²) in [5, 5.41) is 15.3. The van der Waals surface area contributed by atoms with Gasteiger partial charge in [0.25, 0.3) is 0 Å². The fraction of sp³-hybridized carbons (Fsp3) is 0.489. The molecule has 2 aromatic heterocycles. The minimum Gasteiger partial charge on any atom is -0.465 e. The highest BCUT2D eigenvalue weighted by atomic mass is 35.5. The monoisotopic (exact) mass is 890 g/mol. The largest absolute Gasteiger partial charge is 0.465 e. The molecule has 0 unspecified atom stereocenters. The van der Waals surface area contributed by atoms with Gasteiger partial charge in [-0.1, -0.05) is 47.7 Å². The molecule has 2 aromatic carbocycles. The summed E-state index contributed by atoms with van der Waals surface area (Å²) in [7, 11) is 1.30. The van der Waals surface area contributed by atoms with Crippen LogP contribution in [0.5, 0.6) is 0 Å². The van der Waals surface area contributed by atoms with E-state index in [1.807, 2.05) is 64.5 Å². The molecular formula is C47H51ClN8O8. The maximum Gasteiger partial charge on any atom is 0.407 e. The number of carbonyl (C=O) groups excluding carboxylic acids is 3. The highest BCUT2D eigenvalue weighted by Crippen LogP contribution is 2.55. The molecule has 2 saturated carbocycles. The van der Waals surface area contributed by atoms with E-state index in [1.54, 1.807) is 0 Å². The summed E-state index contributed by atoms with van der Waals surface area (Å²) in [5.41, 5.74) is 4.80. The number of amides is 4. The van der Waals surface area contributed by atoms with Crippen LogP contribution in [-0.4, -0.2) is 117 Å². The number of imidazole rings is 2. The molecule has 4 amide bonds. The van der Waals surface area contributed by atoms with Gasteiger partial charge in [-0.25, -0.2) is 19.6 Å². The average molecular weight is 891 g/mol. The molecule has 4 saturated heterocycles. The summed E-state index contributed by atoms with van der Waals surface area (Å²) < 4.78 is 15.9. The lowest BCUT2D eigenvalue weighted by Crippen LogP contribution is -2.54. The van der Waals surface area contributed by atoms with Gasteiger partial charge < -0.3 is 49.7 Å².